The lowest BCUT2D eigenvalue weighted by molar-refractivity contribution is 0.282. The molecule has 1 atom stereocenters. The molecule has 1 unspecified atom stereocenters. The Morgan fingerprint density at radius 2 is 2.06 bits per heavy atom. The Hall–Kier alpha value is -1.74. The van der Waals surface area contributed by atoms with Gasteiger partial charge in [0, 0.05) is 23.7 Å². The SMILES string of the molecule is CC(CCc1ccco1)Nc1ccccc1CO. The molecule has 3 nitrogen and oxygen atoms in total. The summed E-state index contributed by atoms with van der Waals surface area (Å²) in [7, 11) is 0. The monoisotopic (exact) mass is 245 g/mol. The van der Waals surface area contributed by atoms with E-state index in [-0.39, 0.29) is 6.61 Å². The van der Waals surface area contributed by atoms with Crippen LogP contribution in [-0.4, -0.2) is 11.1 Å². The molecule has 2 rings (SSSR count). The molecule has 1 aromatic heterocycles. The van der Waals surface area contributed by atoms with Gasteiger partial charge in [-0.3, -0.25) is 0 Å². The number of benzene rings is 1. The highest BCUT2D eigenvalue weighted by atomic mass is 16.3. The summed E-state index contributed by atoms with van der Waals surface area (Å²) < 4.78 is 5.31. The van der Waals surface area contributed by atoms with Gasteiger partial charge < -0.3 is 14.8 Å². The number of aryl methyl sites for hydroxylation is 1. The van der Waals surface area contributed by atoms with Crippen LogP contribution in [0.25, 0.3) is 0 Å². The second-order valence-electron chi connectivity index (χ2n) is 4.48. The molecule has 1 heterocycles. The summed E-state index contributed by atoms with van der Waals surface area (Å²) in [4.78, 5) is 0. The van der Waals surface area contributed by atoms with E-state index in [0.717, 1.165) is 29.9 Å². The van der Waals surface area contributed by atoms with Crippen LogP contribution in [0.5, 0.6) is 0 Å². The van der Waals surface area contributed by atoms with Gasteiger partial charge >= 0.3 is 0 Å². The molecule has 1 aromatic carbocycles. The number of furan rings is 1. The molecule has 18 heavy (non-hydrogen) atoms. The third-order valence-electron chi connectivity index (χ3n) is 2.99. The highest BCUT2D eigenvalue weighted by molar-refractivity contribution is 5.51. The first-order valence-electron chi connectivity index (χ1n) is 6.27. The van der Waals surface area contributed by atoms with Crippen molar-refractivity contribution in [3.05, 3.63) is 54.0 Å². The summed E-state index contributed by atoms with van der Waals surface area (Å²) in [6, 6.07) is 12.1. The Bertz CT molecular complexity index is 465. The molecule has 0 radical (unpaired) electrons. The molecule has 2 aromatic rings. The first-order chi connectivity index (χ1) is 8.79. The van der Waals surface area contributed by atoms with Gasteiger partial charge in [-0.25, -0.2) is 0 Å². The average Bonchev–Trinajstić information content (AvgIpc) is 2.90. The van der Waals surface area contributed by atoms with Crippen LogP contribution in [0.2, 0.25) is 0 Å². The highest BCUT2D eigenvalue weighted by Gasteiger charge is 2.06. The molecule has 0 saturated heterocycles. The Morgan fingerprint density at radius 3 is 2.78 bits per heavy atom. The Balaban J connectivity index is 1.88. The number of aliphatic hydroxyl groups is 1. The number of para-hydroxylation sites is 1. The van der Waals surface area contributed by atoms with Crippen LogP contribution in [0.1, 0.15) is 24.7 Å². The number of rotatable bonds is 6. The van der Waals surface area contributed by atoms with Gasteiger partial charge in [0.15, 0.2) is 0 Å². The van der Waals surface area contributed by atoms with Gasteiger partial charge in [-0.15, -0.1) is 0 Å². The van der Waals surface area contributed by atoms with E-state index in [1.165, 1.54) is 0 Å². The quantitative estimate of drug-likeness (QED) is 0.821. The summed E-state index contributed by atoms with van der Waals surface area (Å²) in [5, 5.41) is 12.7. The third kappa shape index (κ3) is 3.37. The fraction of sp³-hybridized carbons (Fsp3) is 0.333. The molecule has 0 fully saturated rings. The Morgan fingerprint density at radius 1 is 1.22 bits per heavy atom. The zero-order valence-electron chi connectivity index (χ0n) is 10.6. The van der Waals surface area contributed by atoms with Gasteiger partial charge in [-0.1, -0.05) is 18.2 Å². The Kier molecular flexibility index (Phi) is 4.42. The number of anilines is 1. The molecule has 0 spiro atoms. The van der Waals surface area contributed by atoms with Crippen molar-refractivity contribution in [2.75, 3.05) is 5.32 Å². The molecule has 96 valence electrons. The summed E-state index contributed by atoms with van der Waals surface area (Å²) in [6.07, 6.45) is 3.62. The van der Waals surface area contributed by atoms with Crippen LogP contribution in [0.4, 0.5) is 5.69 Å². The van der Waals surface area contributed by atoms with Gasteiger partial charge in [0.2, 0.25) is 0 Å². The summed E-state index contributed by atoms with van der Waals surface area (Å²) in [5.74, 6) is 1.01. The molecule has 0 saturated carbocycles. The fourth-order valence-corrected chi connectivity index (χ4v) is 1.95. The maximum atomic E-state index is 9.26. The third-order valence-corrected chi connectivity index (χ3v) is 2.99. The van der Waals surface area contributed by atoms with Crippen molar-refractivity contribution in [3.63, 3.8) is 0 Å². The normalized spacial score (nSPS) is 12.3. The molecule has 3 heteroatoms. The van der Waals surface area contributed by atoms with Crippen molar-refractivity contribution in [1.29, 1.82) is 0 Å². The summed E-state index contributed by atoms with van der Waals surface area (Å²) >= 11 is 0. The number of hydrogen-bond donors (Lipinski definition) is 2. The van der Waals surface area contributed by atoms with Gasteiger partial charge in [0.1, 0.15) is 5.76 Å². The second-order valence-corrected chi connectivity index (χ2v) is 4.48. The van der Waals surface area contributed by atoms with Crippen LogP contribution >= 0.6 is 0 Å². The minimum absolute atomic E-state index is 0.0636. The van der Waals surface area contributed by atoms with E-state index >= 15 is 0 Å². The minimum atomic E-state index is 0.0636. The predicted molar refractivity (Wildman–Crippen MR) is 72.5 cm³/mol. The van der Waals surface area contributed by atoms with Gasteiger partial charge in [-0.2, -0.15) is 0 Å². The van der Waals surface area contributed by atoms with Crippen LogP contribution < -0.4 is 5.32 Å². The van der Waals surface area contributed by atoms with E-state index < -0.39 is 0 Å². The molecular formula is C15H19NO2. The molecule has 0 aliphatic heterocycles. The van der Waals surface area contributed by atoms with E-state index in [9.17, 15) is 5.11 Å². The maximum Gasteiger partial charge on any atom is 0.103 e. The summed E-state index contributed by atoms with van der Waals surface area (Å²) in [5.41, 5.74) is 1.94. The van der Waals surface area contributed by atoms with Crippen LogP contribution in [-0.2, 0) is 13.0 Å². The topological polar surface area (TPSA) is 45.4 Å². The van der Waals surface area contributed by atoms with Crippen molar-refractivity contribution in [2.24, 2.45) is 0 Å². The molecular weight excluding hydrogens is 226 g/mol. The minimum Gasteiger partial charge on any atom is -0.469 e. The first-order valence-corrected chi connectivity index (χ1v) is 6.27. The lowest BCUT2D eigenvalue weighted by atomic mass is 10.1. The molecule has 2 N–H and O–H groups in total. The van der Waals surface area contributed by atoms with E-state index in [1.807, 2.05) is 36.4 Å². The number of hydrogen-bond acceptors (Lipinski definition) is 3. The van der Waals surface area contributed by atoms with E-state index in [0.29, 0.717) is 6.04 Å². The van der Waals surface area contributed by atoms with E-state index in [2.05, 4.69) is 12.2 Å². The fourth-order valence-electron chi connectivity index (χ4n) is 1.95. The van der Waals surface area contributed by atoms with Crippen molar-refractivity contribution >= 4 is 5.69 Å². The average molecular weight is 245 g/mol. The molecule has 0 bridgehead atoms. The summed E-state index contributed by atoms with van der Waals surface area (Å²) in [6.45, 7) is 2.20. The maximum absolute atomic E-state index is 9.26. The molecule has 0 aliphatic carbocycles. The zero-order chi connectivity index (χ0) is 12.8. The largest absolute Gasteiger partial charge is 0.469 e. The van der Waals surface area contributed by atoms with Crippen LogP contribution in [0.3, 0.4) is 0 Å². The van der Waals surface area contributed by atoms with Crippen molar-refractivity contribution in [2.45, 2.75) is 32.4 Å². The number of nitrogens with one attached hydrogen (secondary N) is 1. The van der Waals surface area contributed by atoms with E-state index in [4.69, 9.17) is 4.42 Å². The van der Waals surface area contributed by atoms with Crippen molar-refractivity contribution < 1.29 is 9.52 Å². The van der Waals surface area contributed by atoms with Gasteiger partial charge in [0.25, 0.3) is 0 Å². The lowest BCUT2D eigenvalue weighted by Gasteiger charge is -2.17. The highest BCUT2D eigenvalue weighted by Crippen LogP contribution is 2.17. The van der Waals surface area contributed by atoms with Crippen molar-refractivity contribution in [3.8, 4) is 0 Å². The predicted octanol–water partition coefficient (Wildman–Crippen LogP) is 3.21. The lowest BCUT2D eigenvalue weighted by Crippen LogP contribution is -2.17. The van der Waals surface area contributed by atoms with Crippen LogP contribution in [0, 0.1) is 0 Å². The first kappa shape index (κ1) is 12.7. The van der Waals surface area contributed by atoms with E-state index in [1.54, 1.807) is 6.26 Å². The Labute approximate surface area is 107 Å². The second kappa shape index (κ2) is 6.26. The van der Waals surface area contributed by atoms with Crippen molar-refractivity contribution in [1.82, 2.24) is 0 Å². The smallest absolute Gasteiger partial charge is 0.103 e. The standard InChI is InChI=1S/C15H19NO2/c1-12(8-9-14-6-4-10-18-14)16-15-7-3-2-5-13(15)11-17/h2-7,10,12,16-17H,8-9,11H2,1H3. The van der Waals surface area contributed by atoms with Gasteiger partial charge in [0.05, 0.1) is 12.9 Å². The molecule has 0 amide bonds. The number of aliphatic hydroxyl groups excluding tert-OH is 1. The molecule has 0 aliphatic rings. The van der Waals surface area contributed by atoms with Gasteiger partial charge in [-0.05, 0) is 31.5 Å². The van der Waals surface area contributed by atoms with Crippen LogP contribution in [0.15, 0.2) is 47.1 Å². The zero-order valence-corrected chi connectivity index (χ0v) is 10.6.